The summed E-state index contributed by atoms with van der Waals surface area (Å²) >= 11 is 0. The Hall–Kier alpha value is -2.20. The zero-order valence-electron chi connectivity index (χ0n) is 9.04. The van der Waals surface area contributed by atoms with Gasteiger partial charge in [0, 0.05) is 25.2 Å². The lowest BCUT2D eigenvalue weighted by atomic mass is 10.3. The molecule has 1 aliphatic heterocycles. The maximum absolute atomic E-state index is 10.6. The maximum Gasteiger partial charge on any atom is 0.305 e. The summed E-state index contributed by atoms with van der Waals surface area (Å²) in [6.07, 6.45) is 0.862. The Bertz CT molecular complexity index is 496. The van der Waals surface area contributed by atoms with E-state index in [9.17, 15) is 10.1 Å². The number of nitriles is 1. The lowest BCUT2D eigenvalue weighted by Crippen LogP contribution is -2.27. The minimum absolute atomic E-state index is 0.0949. The first-order valence-corrected chi connectivity index (χ1v) is 5.18. The Balaban J connectivity index is 2.32. The average Bonchev–Trinajstić information content (AvgIpc) is 2.75. The summed E-state index contributed by atoms with van der Waals surface area (Å²) in [6, 6.07) is 4.70. The number of aromatic nitrogens is 1. The predicted octanol–water partition coefficient (Wildman–Crippen LogP) is 0.399. The summed E-state index contributed by atoms with van der Waals surface area (Å²) in [5.41, 5.74) is 5.35. The summed E-state index contributed by atoms with van der Waals surface area (Å²) in [6.45, 7) is 1.42. The van der Waals surface area contributed by atoms with E-state index in [4.69, 9.17) is 11.0 Å². The third-order valence-electron chi connectivity index (χ3n) is 2.71. The van der Waals surface area contributed by atoms with E-state index in [2.05, 4.69) is 4.98 Å². The molecule has 2 N–H and O–H groups in total. The van der Waals surface area contributed by atoms with E-state index >= 15 is 0 Å². The number of nitrogens with zero attached hydrogens (tertiary/aromatic N) is 4. The normalized spacial score (nSPS) is 19.1. The van der Waals surface area contributed by atoms with Crippen LogP contribution in [0.1, 0.15) is 12.1 Å². The van der Waals surface area contributed by atoms with Gasteiger partial charge in [0.15, 0.2) is 0 Å². The molecule has 1 fully saturated rings. The van der Waals surface area contributed by atoms with Crippen LogP contribution in [0.2, 0.25) is 0 Å². The van der Waals surface area contributed by atoms with Crippen LogP contribution in [0, 0.1) is 21.4 Å². The fraction of sp³-hybridized carbons (Fsp3) is 0.400. The smallest absolute Gasteiger partial charge is 0.305 e. The van der Waals surface area contributed by atoms with Gasteiger partial charge in [0.25, 0.3) is 0 Å². The van der Waals surface area contributed by atoms with Crippen molar-refractivity contribution < 1.29 is 4.92 Å². The molecule has 1 atom stereocenters. The number of rotatable bonds is 2. The minimum atomic E-state index is -0.606. The first-order valence-electron chi connectivity index (χ1n) is 5.18. The molecule has 17 heavy (non-hydrogen) atoms. The molecule has 1 aliphatic rings. The van der Waals surface area contributed by atoms with Gasteiger partial charge in [0.05, 0.1) is 4.92 Å². The second-order valence-electron chi connectivity index (χ2n) is 3.90. The van der Waals surface area contributed by atoms with Crippen molar-refractivity contribution in [1.82, 2.24) is 4.98 Å². The van der Waals surface area contributed by atoms with Crippen LogP contribution in [0.4, 0.5) is 11.5 Å². The van der Waals surface area contributed by atoms with Crippen LogP contribution in [0.15, 0.2) is 12.1 Å². The van der Waals surface area contributed by atoms with E-state index in [-0.39, 0.29) is 17.4 Å². The van der Waals surface area contributed by atoms with Gasteiger partial charge >= 0.3 is 5.69 Å². The van der Waals surface area contributed by atoms with Gasteiger partial charge in [0.1, 0.15) is 11.9 Å². The molecule has 0 aromatic carbocycles. The van der Waals surface area contributed by atoms with Crippen LogP contribution < -0.4 is 10.6 Å². The first kappa shape index (κ1) is 11.3. The molecule has 2 heterocycles. The minimum Gasteiger partial charge on any atom is -0.355 e. The Morgan fingerprint density at radius 2 is 2.41 bits per heavy atom. The highest BCUT2D eigenvalue weighted by Crippen LogP contribution is 2.22. The van der Waals surface area contributed by atoms with Crippen LogP contribution in [0.5, 0.6) is 0 Å². The summed E-state index contributed by atoms with van der Waals surface area (Å²) in [4.78, 5) is 16.0. The Morgan fingerprint density at radius 3 is 2.94 bits per heavy atom. The predicted molar refractivity (Wildman–Crippen MR) is 60.4 cm³/mol. The van der Waals surface area contributed by atoms with Crippen LogP contribution >= 0.6 is 0 Å². The van der Waals surface area contributed by atoms with Gasteiger partial charge in [-0.25, -0.2) is 4.98 Å². The summed E-state index contributed by atoms with van der Waals surface area (Å²) < 4.78 is 0. The van der Waals surface area contributed by atoms with Crippen molar-refractivity contribution >= 4 is 11.5 Å². The lowest BCUT2D eigenvalue weighted by Gasteiger charge is -2.16. The van der Waals surface area contributed by atoms with Crippen molar-refractivity contribution in [2.24, 2.45) is 5.73 Å². The van der Waals surface area contributed by atoms with E-state index in [1.165, 1.54) is 6.07 Å². The molecule has 1 aromatic heterocycles. The van der Waals surface area contributed by atoms with Gasteiger partial charge in [-0.3, -0.25) is 10.1 Å². The monoisotopic (exact) mass is 233 g/mol. The van der Waals surface area contributed by atoms with Crippen molar-refractivity contribution in [3.63, 3.8) is 0 Å². The number of nitro groups is 1. The molecule has 0 radical (unpaired) electrons. The molecule has 0 bridgehead atoms. The lowest BCUT2D eigenvalue weighted by molar-refractivity contribution is -0.385. The van der Waals surface area contributed by atoms with Crippen molar-refractivity contribution in [1.29, 1.82) is 5.26 Å². The van der Waals surface area contributed by atoms with Crippen LogP contribution in [0.25, 0.3) is 0 Å². The highest BCUT2D eigenvalue weighted by atomic mass is 16.6. The molecule has 0 amide bonds. The van der Waals surface area contributed by atoms with E-state index in [0.29, 0.717) is 12.4 Å². The van der Waals surface area contributed by atoms with E-state index < -0.39 is 4.92 Å². The summed E-state index contributed by atoms with van der Waals surface area (Å²) in [7, 11) is 0. The SMILES string of the molecule is N#Cc1nc(N2CCC(N)C2)ccc1[N+](=O)[O-]. The highest BCUT2D eigenvalue weighted by molar-refractivity contribution is 5.52. The molecule has 0 aliphatic carbocycles. The van der Waals surface area contributed by atoms with Gasteiger partial charge < -0.3 is 10.6 Å². The fourth-order valence-electron chi connectivity index (χ4n) is 1.84. The highest BCUT2D eigenvalue weighted by Gasteiger charge is 2.23. The number of hydrogen-bond acceptors (Lipinski definition) is 6. The van der Waals surface area contributed by atoms with E-state index in [0.717, 1.165) is 13.0 Å². The molecule has 1 unspecified atom stereocenters. The zero-order valence-corrected chi connectivity index (χ0v) is 9.04. The van der Waals surface area contributed by atoms with Crippen molar-refractivity contribution in [3.05, 3.63) is 27.9 Å². The van der Waals surface area contributed by atoms with E-state index in [1.807, 2.05) is 4.90 Å². The van der Waals surface area contributed by atoms with Crippen molar-refractivity contribution in [3.8, 4) is 6.07 Å². The molecule has 88 valence electrons. The number of pyridine rings is 1. The fourth-order valence-corrected chi connectivity index (χ4v) is 1.84. The molecular weight excluding hydrogens is 222 g/mol. The number of hydrogen-bond donors (Lipinski definition) is 1. The topological polar surface area (TPSA) is 109 Å². The average molecular weight is 233 g/mol. The summed E-state index contributed by atoms with van der Waals surface area (Å²) in [5, 5.41) is 19.5. The van der Waals surface area contributed by atoms with Crippen LogP contribution in [0.3, 0.4) is 0 Å². The molecule has 0 saturated carbocycles. The summed E-state index contributed by atoms with van der Waals surface area (Å²) in [5.74, 6) is 0.570. The molecule has 1 saturated heterocycles. The largest absolute Gasteiger partial charge is 0.355 e. The number of anilines is 1. The van der Waals surface area contributed by atoms with E-state index in [1.54, 1.807) is 12.1 Å². The van der Waals surface area contributed by atoms with Gasteiger partial charge in [-0.2, -0.15) is 5.26 Å². The molecular formula is C10H11N5O2. The quantitative estimate of drug-likeness (QED) is 0.584. The Morgan fingerprint density at radius 1 is 1.65 bits per heavy atom. The van der Waals surface area contributed by atoms with Gasteiger partial charge in [-0.1, -0.05) is 0 Å². The van der Waals surface area contributed by atoms with Gasteiger partial charge in [-0.15, -0.1) is 0 Å². The standard InChI is InChI=1S/C10H11N5O2/c11-5-8-9(15(16)17)1-2-10(13-8)14-4-3-7(12)6-14/h1-2,7H,3-4,6,12H2. The van der Waals surface area contributed by atoms with Gasteiger partial charge in [0.2, 0.25) is 5.69 Å². The first-order chi connectivity index (χ1) is 8.11. The maximum atomic E-state index is 10.6. The Kier molecular flexibility index (Phi) is 2.89. The third-order valence-corrected chi connectivity index (χ3v) is 2.71. The molecule has 7 nitrogen and oxygen atoms in total. The third kappa shape index (κ3) is 2.16. The second kappa shape index (κ2) is 4.35. The van der Waals surface area contributed by atoms with Crippen molar-refractivity contribution in [2.75, 3.05) is 18.0 Å². The van der Waals surface area contributed by atoms with Crippen molar-refractivity contribution in [2.45, 2.75) is 12.5 Å². The molecule has 7 heteroatoms. The van der Waals surface area contributed by atoms with Gasteiger partial charge in [-0.05, 0) is 12.5 Å². The Labute approximate surface area is 97.6 Å². The van der Waals surface area contributed by atoms with Crippen LogP contribution in [-0.2, 0) is 0 Å². The van der Waals surface area contributed by atoms with Crippen LogP contribution in [-0.4, -0.2) is 29.0 Å². The number of nitrogens with two attached hydrogens (primary N) is 1. The molecule has 1 aromatic rings. The molecule has 2 rings (SSSR count). The second-order valence-corrected chi connectivity index (χ2v) is 3.90. The zero-order chi connectivity index (χ0) is 12.4. The molecule has 0 spiro atoms.